The molecule has 0 aliphatic carbocycles. The van der Waals surface area contributed by atoms with E-state index in [4.69, 9.17) is 22.9 Å². The summed E-state index contributed by atoms with van der Waals surface area (Å²) in [4.78, 5) is 139. The number of amides is 9. The smallest absolute Gasteiger partial charge is 0.243 e. The molecule has 3 aromatic rings. The van der Waals surface area contributed by atoms with Crippen LogP contribution in [0.5, 0.6) is 0 Å². The molecule has 18 N–H and O–H groups in total. The molecule has 9 unspecified atom stereocenters. The molecule has 24 nitrogen and oxygen atoms in total. The lowest BCUT2D eigenvalue weighted by Gasteiger charge is -2.30. The Balaban J connectivity index is 1.93. The number of H-pyrrole nitrogens is 1. The standard InChI is InChI=1S/C56H88N14O10/c1-7-33(3)48(69-53(78)42(23-24-46(58)73)66-52(77)41(22-16-27-63-56(59)60)65-47(74)25-28-62-35(5)71)45(72)31-37(19-14-15-26-57)50(75)70-49(34(4)8-2)55(80)68-44(30-38-32-64-40-21-13-12-20-39(38)40)54(79)67-43(51(76)61-6)29-36-17-10-9-11-18-36/h9-13,17-18,20-21,32-34,37,41-44,48-49,56,63-64H,7-8,14-16,19,22-31,57,59-60H2,1-6H3,(H2,58,73)(H,61,76)(H,62,71)(H,65,74)(H,66,77)(H,67,79)(H,68,80)(H,69,78)(H,70,75). The molecule has 0 radical (unpaired) electrons. The number of benzene rings is 2. The van der Waals surface area contributed by atoms with Crippen LogP contribution in [0.2, 0.25) is 0 Å². The van der Waals surface area contributed by atoms with Crippen molar-refractivity contribution in [1.82, 2.24) is 52.8 Å². The van der Waals surface area contributed by atoms with Gasteiger partial charge in [0, 0.05) is 75.6 Å². The van der Waals surface area contributed by atoms with Gasteiger partial charge in [-0.05, 0) is 74.2 Å². The van der Waals surface area contributed by atoms with Crippen molar-refractivity contribution in [2.75, 3.05) is 26.7 Å². The first-order valence-electron chi connectivity index (χ1n) is 27.7. The number of ketones is 1. The summed E-state index contributed by atoms with van der Waals surface area (Å²) >= 11 is 0. The Kier molecular flexibility index (Phi) is 29.6. The van der Waals surface area contributed by atoms with Crippen LogP contribution in [-0.4, -0.2) is 133 Å². The number of aromatic nitrogens is 1. The minimum atomic E-state index is -1.41. The van der Waals surface area contributed by atoms with Gasteiger partial charge in [0.05, 0.1) is 6.04 Å². The normalized spacial score (nSPS) is 14.6. The number of rotatable bonds is 38. The number of hydrogen-bond acceptors (Lipinski definition) is 14. The van der Waals surface area contributed by atoms with E-state index in [0.717, 1.165) is 22.0 Å². The number of carbonyl (C=O) groups excluding carboxylic acids is 10. The summed E-state index contributed by atoms with van der Waals surface area (Å²) in [6.45, 7) is 9.03. The molecule has 24 heteroatoms. The number of unbranched alkanes of at least 4 members (excludes halogenated alkanes) is 1. The minimum absolute atomic E-state index is 0.00366. The Hall–Kier alpha value is -7.28. The first-order valence-corrected chi connectivity index (χ1v) is 27.7. The molecule has 3 rings (SSSR count). The van der Waals surface area contributed by atoms with E-state index in [1.807, 2.05) is 68.4 Å². The molecule has 0 spiro atoms. The van der Waals surface area contributed by atoms with Crippen molar-refractivity contribution in [3.8, 4) is 0 Å². The number of primary amides is 1. The Morgan fingerprint density at radius 1 is 0.600 bits per heavy atom. The van der Waals surface area contributed by atoms with Gasteiger partial charge in [0.2, 0.25) is 53.2 Å². The number of hydrogen-bond donors (Lipinski definition) is 14. The lowest BCUT2D eigenvalue weighted by atomic mass is 9.87. The van der Waals surface area contributed by atoms with Crippen molar-refractivity contribution in [3.05, 3.63) is 71.9 Å². The highest BCUT2D eigenvalue weighted by atomic mass is 16.2. The first-order chi connectivity index (χ1) is 38.1. The average Bonchev–Trinajstić information content (AvgIpc) is 3.84. The Labute approximate surface area is 469 Å². The van der Waals surface area contributed by atoms with Crippen LogP contribution in [0, 0.1) is 17.8 Å². The van der Waals surface area contributed by atoms with Crippen LogP contribution in [0.3, 0.4) is 0 Å². The Morgan fingerprint density at radius 2 is 1.19 bits per heavy atom. The van der Waals surface area contributed by atoms with Crippen molar-refractivity contribution in [1.29, 1.82) is 0 Å². The number of para-hydroxylation sites is 1. The van der Waals surface area contributed by atoms with E-state index in [1.54, 1.807) is 20.0 Å². The van der Waals surface area contributed by atoms with Gasteiger partial charge >= 0.3 is 0 Å². The minimum Gasteiger partial charge on any atom is -0.370 e. The van der Waals surface area contributed by atoms with Crippen LogP contribution in [-0.2, 0) is 60.8 Å². The van der Waals surface area contributed by atoms with Gasteiger partial charge in [-0.1, -0.05) is 95.5 Å². The average molecular weight is 1120 g/mol. The van der Waals surface area contributed by atoms with Gasteiger partial charge in [0.1, 0.15) is 36.5 Å². The maximum absolute atomic E-state index is 14.7. The zero-order valence-corrected chi connectivity index (χ0v) is 47.3. The lowest BCUT2D eigenvalue weighted by Crippen LogP contribution is -2.59. The van der Waals surface area contributed by atoms with Gasteiger partial charge in [-0.2, -0.15) is 0 Å². The van der Waals surface area contributed by atoms with E-state index in [9.17, 15) is 47.9 Å². The molecule has 1 heterocycles. The van der Waals surface area contributed by atoms with Gasteiger partial charge < -0.3 is 70.5 Å². The molecule has 1 aromatic heterocycles. The van der Waals surface area contributed by atoms with E-state index in [0.29, 0.717) is 38.6 Å². The number of carbonyl (C=O) groups is 10. The Morgan fingerprint density at radius 3 is 1.82 bits per heavy atom. The quantitative estimate of drug-likeness (QED) is 0.0261. The van der Waals surface area contributed by atoms with Gasteiger partial charge in [0.25, 0.3) is 0 Å². The van der Waals surface area contributed by atoms with Gasteiger partial charge in [-0.15, -0.1) is 0 Å². The predicted octanol–water partition coefficient (Wildman–Crippen LogP) is -0.233. The number of likely N-dealkylation sites (N-methyl/N-ethyl adjacent to an activating group) is 1. The molecule has 9 amide bonds. The number of aromatic amines is 1. The topological polar surface area (TPSA) is 399 Å². The van der Waals surface area contributed by atoms with Gasteiger partial charge in [-0.25, -0.2) is 0 Å². The highest BCUT2D eigenvalue weighted by molar-refractivity contribution is 5.98. The van der Waals surface area contributed by atoms with Gasteiger partial charge in [0.15, 0.2) is 5.78 Å². The molecule has 2 aromatic carbocycles. The first kappa shape index (κ1) is 67.0. The van der Waals surface area contributed by atoms with Crippen LogP contribution < -0.4 is 70.8 Å². The lowest BCUT2D eigenvalue weighted by molar-refractivity contribution is -0.137. The fourth-order valence-corrected chi connectivity index (χ4v) is 9.02. The second-order valence-corrected chi connectivity index (χ2v) is 20.4. The van der Waals surface area contributed by atoms with Crippen molar-refractivity contribution in [2.45, 2.75) is 161 Å². The van der Waals surface area contributed by atoms with E-state index < -0.39 is 113 Å². The number of Topliss-reactive ketones (excluding diaryl/α,β-unsaturated/α-hetero) is 1. The third kappa shape index (κ3) is 23.2. The third-order valence-electron chi connectivity index (χ3n) is 14.1. The molecular weight excluding hydrogens is 1030 g/mol. The molecule has 0 aliphatic rings. The molecule has 0 saturated carbocycles. The summed E-state index contributed by atoms with van der Waals surface area (Å²) in [7, 11) is 1.47. The van der Waals surface area contributed by atoms with Crippen LogP contribution in [0.15, 0.2) is 60.8 Å². The largest absolute Gasteiger partial charge is 0.370 e. The predicted molar refractivity (Wildman–Crippen MR) is 304 cm³/mol. The molecule has 0 aliphatic heterocycles. The van der Waals surface area contributed by atoms with Crippen molar-refractivity contribution >= 4 is 69.9 Å². The zero-order chi connectivity index (χ0) is 59.3. The summed E-state index contributed by atoms with van der Waals surface area (Å²) in [6.07, 6.45) is 2.29. The maximum atomic E-state index is 14.7. The fourth-order valence-electron chi connectivity index (χ4n) is 9.02. The van der Waals surface area contributed by atoms with Crippen LogP contribution in [0.4, 0.5) is 0 Å². The van der Waals surface area contributed by atoms with E-state index >= 15 is 0 Å². The molecule has 442 valence electrons. The van der Waals surface area contributed by atoms with E-state index in [-0.39, 0.29) is 70.4 Å². The molecule has 0 fully saturated rings. The van der Waals surface area contributed by atoms with Crippen molar-refractivity contribution < 1.29 is 47.9 Å². The second-order valence-electron chi connectivity index (χ2n) is 20.4. The Bertz CT molecular complexity index is 2510. The highest BCUT2D eigenvalue weighted by Gasteiger charge is 2.37. The van der Waals surface area contributed by atoms with Crippen LogP contribution >= 0.6 is 0 Å². The van der Waals surface area contributed by atoms with Crippen LogP contribution in [0.1, 0.15) is 116 Å². The zero-order valence-electron chi connectivity index (χ0n) is 47.3. The highest BCUT2D eigenvalue weighted by Crippen LogP contribution is 2.22. The summed E-state index contributed by atoms with van der Waals surface area (Å²) in [6, 6.07) is 9.42. The number of nitrogens with one attached hydrogen (secondary N) is 10. The van der Waals surface area contributed by atoms with E-state index in [1.165, 1.54) is 14.0 Å². The third-order valence-corrected chi connectivity index (χ3v) is 14.1. The summed E-state index contributed by atoms with van der Waals surface area (Å²) in [5.41, 5.74) is 24.9. The van der Waals surface area contributed by atoms with Crippen molar-refractivity contribution in [2.24, 2.45) is 40.7 Å². The molecule has 80 heavy (non-hydrogen) atoms. The molecular formula is C56H88N14O10. The molecule has 0 bridgehead atoms. The number of nitrogens with two attached hydrogens (primary N) is 4. The summed E-state index contributed by atoms with van der Waals surface area (Å²) in [5, 5.41) is 25.5. The molecule has 9 atom stereocenters. The summed E-state index contributed by atoms with van der Waals surface area (Å²) < 4.78 is 0. The maximum Gasteiger partial charge on any atom is 0.243 e. The SMILES string of the molecule is CCC(C)C(NC(=O)C(CCC(N)=O)NC(=O)C(CCCNC(N)N)NC(=O)CCNC(C)=O)C(=O)CC(CCCCN)C(=O)NC(C(=O)NC(Cc1c[nH]c2ccccc12)C(=O)NC(Cc1ccccc1)C(=O)NC)C(C)CC. The fraction of sp³-hybridized carbons (Fsp3) is 0.571. The van der Waals surface area contributed by atoms with E-state index in [2.05, 4.69) is 52.8 Å². The van der Waals surface area contributed by atoms with Gasteiger partial charge in [-0.3, -0.25) is 53.3 Å². The number of fused-ring (bicyclic) bond motifs is 1. The summed E-state index contributed by atoms with van der Waals surface area (Å²) in [5.74, 6) is -8.16. The van der Waals surface area contributed by atoms with Crippen LogP contribution in [0.25, 0.3) is 10.9 Å². The second kappa shape index (κ2) is 35.4. The monoisotopic (exact) mass is 1120 g/mol. The molecule has 0 saturated heterocycles. The van der Waals surface area contributed by atoms with Crippen molar-refractivity contribution in [3.63, 3.8) is 0 Å².